The van der Waals surface area contributed by atoms with Gasteiger partial charge in [0, 0.05) is 6.42 Å². The SMILES string of the molecule is CC=C(C)CC(C)OC(=O)CC(C)=O. The van der Waals surface area contributed by atoms with Crippen molar-refractivity contribution < 1.29 is 14.3 Å². The van der Waals surface area contributed by atoms with Gasteiger partial charge < -0.3 is 4.74 Å². The molecule has 0 aromatic carbocycles. The summed E-state index contributed by atoms with van der Waals surface area (Å²) in [7, 11) is 0. The fraction of sp³-hybridized carbons (Fsp3) is 0.636. The molecule has 0 aromatic rings. The topological polar surface area (TPSA) is 43.4 Å². The molecule has 14 heavy (non-hydrogen) atoms. The molecule has 0 aliphatic rings. The quantitative estimate of drug-likeness (QED) is 0.386. The summed E-state index contributed by atoms with van der Waals surface area (Å²) in [6.45, 7) is 7.13. The number of ether oxygens (including phenoxy) is 1. The van der Waals surface area contributed by atoms with Crippen molar-refractivity contribution in [2.75, 3.05) is 0 Å². The summed E-state index contributed by atoms with van der Waals surface area (Å²) in [4.78, 5) is 21.7. The van der Waals surface area contributed by atoms with Gasteiger partial charge in [0.1, 0.15) is 18.3 Å². The maximum absolute atomic E-state index is 11.1. The van der Waals surface area contributed by atoms with Gasteiger partial charge in [-0.1, -0.05) is 11.6 Å². The first-order valence-corrected chi connectivity index (χ1v) is 4.76. The number of allylic oxidation sites excluding steroid dienone is 1. The molecule has 1 unspecified atom stereocenters. The summed E-state index contributed by atoms with van der Waals surface area (Å²) < 4.78 is 5.03. The van der Waals surface area contributed by atoms with Crippen molar-refractivity contribution in [3.05, 3.63) is 11.6 Å². The molecule has 0 radical (unpaired) electrons. The Bertz CT molecular complexity index is 241. The molecular weight excluding hydrogens is 180 g/mol. The van der Waals surface area contributed by atoms with Crippen LogP contribution < -0.4 is 0 Å². The molecule has 0 aliphatic carbocycles. The van der Waals surface area contributed by atoms with Gasteiger partial charge in [0.25, 0.3) is 0 Å². The summed E-state index contributed by atoms with van der Waals surface area (Å²) >= 11 is 0. The highest BCUT2D eigenvalue weighted by Gasteiger charge is 2.11. The molecule has 0 heterocycles. The lowest BCUT2D eigenvalue weighted by molar-refractivity contribution is -0.149. The Balaban J connectivity index is 3.88. The van der Waals surface area contributed by atoms with E-state index in [0.29, 0.717) is 0 Å². The van der Waals surface area contributed by atoms with Crippen LogP contribution in [0.15, 0.2) is 11.6 Å². The van der Waals surface area contributed by atoms with Gasteiger partial charge in [0.15, 0.2) is 0 Å². The molecule has 0 saturated heterocycles. The van der Waals surface area contributed by atoms with Crippen LogP contribution in [0.5, 0.6) is 0 Å². The van der Waals surface area contributed by atoms with E-state index in [1.165, 1.54) is 12.5 Å². The third kappa shape index (κ3) is 6.40. The van der Waals surface area contributed by atoms with Gasteiger partial charge in [-0.3, -0.25) is 9.59 Å². The van der Waals surface area contributed by atoms with Crippen LogP contribution in [-0.4, -0.2) is 17.9 Å². The molecule has 80 valence electrons. The number of hydrogen-bond acceptors (Lipinski definition) is 3. The van der Waals surface area contributed by atoms with Crippen LogP contribution in [0.25, 0.3) is 0 Å². The first kappa shape index (κ1) is 12.9. The summed E-state index contributed by atoms with van der Waals surface area (Å²) in [5.74, 6) is -0.598. The van der Waals surface area contributed by atoms with Gasteiger partial charge >= 0.3 is 5.97 Å². The Kier molecular flexibility index (Phi) is 5.84. The molecule has 0 fully saturated rings. The monoisotopic (exact) mass is 198 g/mol. The smallest absolute Gasteiger partial charge is 0.313 e. The van der Waals surface area contributed by atoms with E-state index in [-0.39, 0.29) is 18.3 Å². The lowest BCUT2D eigenvalue weighted by atomic mass is 10.1. The molecule has 1 atom stereocenters. The number of hydrogen-bond donors (Lipinski definition) is 0. The van der Waals surface area contributed by atoms with Crippen molar-refractivity contribution in [1.29, 1.82) is 0 Å². The molecule has 3 heteroatoms. The second-order valence-electron chi connectivity index (χ2n) is 3.52. The second kappa shape index (κ2) is 6.35. The highest BCUT2D eigenvalue weighted by Crippen LogP contribution is 2.08. The van der Waals surface area contributed by atoms with E-state index in [1.807, 2.05) is 26.8 Å². The lowest BCUT2D eigenvalue weighted by Gasteiger charge is -2.12. The summed E-state index contributed by atoms with van der Waals surface area (Å²) in [5.41, 5.74) is 1.17. The number of Topliss-reactive ketones (excluding diaryl/α,β-unsaturated/α-hetero) is 1. The number of carbonyl (C=O) groups is 2. The third-order valence-electron chi connectivity index (χ3n) is 1.83. The predicted molar refractivity (Wildman–Crippen MR) is 54.9 cm³/mol. The minimum atomic E-state index is -0.436. The first-order chi connectivity index (χ1) is 6.45. The zero-order valence-corrected chi connectivity index (χ0v) is 9.29. The Morgan fingerprint density at radius 1 is 1.36 bits per heavy atom. The van der Waals surface area contributed by atoms with Crippen molar-refractivity contribution in [3.8, 4) is 0 Å². The van der Waals surface area contributed by atoms with Crippen LogP contribution in [0.2, 0.25) is 0 Å². The van der Waals surface area contributed by atoms with Gasteiger partial charge in [-0.05, 0) is 27.7 Å². The molecular formula is C11H18O3. The van der Waals surface area contributed by atoms with Gasteiger partial charge in [-0.2, -0.15) is 0 Å². The van der Waals surface area contributed by atoms with Crippen molar-refractivity contribution >= 4 is 11.8 Å². The maximum Gasteiger partial charge on any atom is 0.313 e. The average Bonchev–Trinajstić information content (AvgIpc) is 2.01. The lowest BCUT2D eigenvalue weighted by Crippen LogP contribution is -2.17. The van der Waals surface area contributed by atoms with Crippen LogP contribution in [0.3, 0.4) is 0 Å². The second-order valence-corrected chi connectivity index (χ2v) is 3.52. The molecule has 0 aromatic heterocycles. The van der Waals surface area contributed by atoms with Crippen LogP contribution in [0.1, 0.15) is 40.5 Å². The Labute approximate surface area is 85.1 Å². The molecule has 0 N–H and O–H groups in total. The molecule has 0 bridgehead atoms. The highest BCUT2D eigenvalue weighted by atomic mass is 16.5. The largest absolute Gasteiger partial charge is 0.462 e. The minimum absolute atomic E-state index is 0.126. The van der Waals surface area contributed by atoms with E-state index in [1.54, 1.807) is 0 Å². The van der Waals surface area contributed by atoms with Crippen LogP contribution >= 0.6 is 0 Å². The molecule has 0 spiro atoms. The fourth-order valence-electron chi connectivity index (χ4n) is 1.08. The normalized spacial score (nSPS) is 13.6. The zero-order valence-electron chi connectivity index (χ0n) is 9.29. The van der Waals surface area contributed by atoms with E-state index in [2.05, 4.69) is 0 Å². The van der Waals surface area contributed by atoms with E-state index in [0.717, 1.165) is 6.42 Å². The summed E-state index contributed by atoms with van der Waals surface area (Å²) in [5, 5.41) is 0. The fourth-order valence-corrected chi connectivity index (χ4v) is 1.08. The standard InChI is InChI=1S/C11H18O3/c1-5-8(2)6-10(4)14-11(13)7-9(3)12/h5,10H,6-7H2,1-4H3. The Morgan fingerprint density at radius 3 is 2.36 bits per heavy atom. The average molecular weight is 198 g/mol. The van der Waals surface area contributed by atoms with E-state index in [4.69, 9.17) is 4.74 Å². The molecule has 0 rings (SSSR count). The first-order valence-electron chi connectivity index (χ1n) is 4.76. The molecule has 0 saturated carbocycles. The van der Waals surface area contributed by atoms with Crippen molar-refractivity contribution in [1.82, 2.24) is 0 Å². The zero-order chi connectivity index (χ0) is 11.1. The summed E-state index contributed by atoms with van der Waals surface area (Å²) in [6, 6.07) is 0. The van der Waals surface area contributed by atoms with E-state index < -0.39 is 5.97 Å². The van der Waals surface area contributed by atoms with E-state index >= 15 is 0 Å². The Morgan fingerprint density at radius 2 is 1.93 bits per heavy atom. The van der Waals surface area contributed by atoms with Crippen LogP contribution in [0, 0.1) is 0 Å². The van der Waals surface area contributed by atoms with Crippen molar-refractivity contribution in [3.63, 3.8) is 0 Å². The maximum atomic E-state index is 11.1. The number of esters is 1. The third-order valence-corrected chi connectivity index (χ3v) is 1.83. The molecule has 0 aliphatic heterocycles. The Hall–Kier alpha value is -1.12. The highest BCUT2D eigenvalue weighted by molar-refractivity contribution is 5.94. The van der Waals surface area contributed by atoms with E-state index in [9.17, 15) is 9.59 Å². The van der Waals surface area contributed by atoms with Crippen LogP contribution in [-0.2, 0) is 14.3 Å². The van der Waals surface area contributed by atoms with Crippen molar-refractivity contribution in [2.24, 2.45) is 0 Å². The van der Waals surface area contributed by atoms with Gasteiger partial charge in [-0.15, -0.1) is 0 Å². The predicted octanol–water partition coefficient (Wildman–Crippen LogP) is 2.25. The molecule has 3 nitrogen and oxygen atoms in total. The summed E-state index contributed by atoms with van der Waals surface area (Å²) in [6.07, 6.45) is 2.42. The number of rotatable bonds is 5. The minimum Gasteiger partial charge on any atom is -0.462 e. The molecule has 0 amide bonds. The van der Waals surface area contributed by atoms with Crippen LogP contribution in [0.4, 0.5) is 0 Å². The van der Waals surface area contributed by atoms with Gasteiger partial charge in [0.05, 0.1) is 0 Å². The van der Waals surface area contributed by atoms with Gasteiger partial charge in [0.2, 0.25) is 0 Å². The number of ketones is 1. The van der Waals surface area contributed by atoms with Crippen molar-refractivity contribution in [2.45, 2.75) is 46.6 Å². The number of carbonyl (C=O) groups excluding carboxylic acids is 2. The van der Waals surface area contributed by atoms with Gasteiger partial charge in [-0.25, -0.2) is 0 Å².